The Morgan fingerprint density at radius 1 is 1.53 bits per heavy atom. The predicted octanol–water partition coefficient (Wildman–Crippen LogP) is 0.836. The Hall–Kier alpha value is -2.18. The predicted molar refractivity (Wildman–Crippen MR) is 61.6 cm³/mol. The van der Waals surface area contributed by atoms with Crippen molar-refractivity contribution in [1.82, 2.24) is 25.0 Å². The van der Waals surface area contributed by atoms with E-state index in [1.54, 1.807) is 17.1 Å². The number of anilines is 1. The monoisotopic (exact) mass is 234 g/mol. The number of aryl methyl sites for hydroxylation is 2. The summed E-state index contributed by atoms with van der Waals surface area (Å²) in [4.78, 5) is 15.8. The number of H-pyrrole nitrogens is 1. The van der Waals surface area contributed by atoms with Gasteiger partial charge in [-0.2, -0.15) is 5.10 Å². The number of amides is 1. The Morgan fingerprint density at radius 2 is 2.35 bits per heavy atom. The number of hydrogen-bond acceptors (Lipinski definition) is 4. The minimum absolute atomic E-state index is 0.145. The Bertz CT molecular complexity index is 514. The maximum atomic E-state index is 11.7. The van der Waals surface area contributed by atoms with Crippen molar-refractivity contribution < 1.29 is 4.79 Å². The van der Waals surface area contributed by atoms with Gasteiger partial charge in [0.15, 0.2) is 0 Å². The van der Waals surface area contributed by atoms with Gasteiger partial charge in [-0.25, -0.2) is 4.98 Å². The highest BCUT2D eigenvalue weighted by molar-refractivity contribution is 6.01. The van der Waals surface area contributed by atoms with Gasteiger partial charge in [-0.15, -0.1) is 5.10 Å². The van der Waals surface area contributed by atoms with Gasteiger partial charge >= 0.3 is 0 Å². The number of nitrogens with zero attached hydrogens (tertiary/aromatic N) is 4. The molecule has 0 spiro atoms. The fourth-order valence-corrected chi connectivity index (χ4v) is 1.34. The highest BCUT2D eigenvalue weighted by Gasteiger charge is 2.12. The fourth-order valence-electron chi connectivity index (χ4n) is 1.34. The third-order valence-corrected chi connectivity index (χ3v) is 2.28. The molecule has 0 aromatic carbocycles. The molecule has 2 rings (SSSR count). The van der Waals surface area contributed by atoms with Crippen LogP contribution in [0.2, 0.25) is 0 Å². The molecule has 0 aliphatic rings. The topological polar surface area (TPSA) is 88.5 Å². The van der Waals surface area contributed by atoms with Gasteiger partial charge in [-0.3, -0.25) is 14.6 Å². The van der Waals surface area contributed by atoms with E-state index in [4.69, 9.17) is 0 Å². The number of hydrogen-bond donors (Lipinski definition) is 2. The zero-order chi connectivity index (χ0) is 12.3. The first-order valence-corrected chi connectivity index (χ1v) is 5.48. The molecule has 90 valence electrons. The van der Waals surface area contributed by atoms with Gasteiger partial charge in [0.25, 0.3) is 5.91 Å². The summed E-state index contributed by atoms with van der Waals surface area (Å²) >= 11 is 0. The van der Waals surface area contributed by atoms with Crippen LogP contribution in [0.4, 0.5) is 5.69 Å². The second-order valence-corrected chi connectivity index (χ2v) is 3.50. The van der Waals surface area contributed by atoms with Crippen LogP contribution in [-0.4, -0.2) is 30.9 Å². The van der Waals surface area contributed by atoms with Gasteiger partial charge < -0.3 is 5.32 Å². The maximum absolute atomic E-state index is 11.7. The van der Waals surface area contributed by atoms with Crippen LogP contribution in [-0.2, 0) is 13.0 Å². The van der Waals surface area contributed by atoms with Crippen molar-refractivity contribution in [3.05, 3.63) is 24.0 Å². The number of rotatable bonds is 4. The number of aromatic amines is 1. The Balaban J connectivity index is 2.05. The van der Waals surface area contributed by atoms with Crippen LogP contribution in [0.1, 0.15) is 30.3 Å². The maximum Gasteiger partial charge on any atom is 0.295 e. The lowest BCUT2D eigenvalue weighted by atomic mass is 10.4. The van der Waals surface area contributed by atoms with Crippen molar-refractivity contribution in [2.75, 3.05) is 5.32 Å². The van der Waals surface area contributed by atoms with Gasteiger partial charge in [0, 0.05) is 19.2 Å². The minimum Gasteiger partial charge on any atom is -0.316 e. The molecule has 1 amide bonds. The average molecular weight is 234 g/mol. The first kappa shape index (κ1) is 11.3. The molecular formula is C10H14N6O. The molecule has 0 aliphatic heterocycles. The molecule has 2 N–H and O–H groups in total. The van der Waals surface area contributed by atoms with Crippen molar-refractivity contribution in [3.63, 3.8) is 0 Å². The van der Waals surface area contributed by atoms with Gasteiger partial charge in [0.2, 0.25) is 5.82 Å². The molecule has 17 heavy (non-hydrogen) atoms. The quantitative estimate of drug-likeness (QED) is 0.820. The van der Waals surface area contributed by atoms with E-state index in [1.165, 1.54) is 0 Å². The van der Waals surface area contributed by atoms with Gasteiger partial charge in [-0.05, 0) is 6.92 Å². The molecule has 2 aromatic rings. The van der Waals surface area contributed by atoms with E-state index in [1.807, 2.05) is 13.8 Å². The van der Waals surface area contributed by atoms with Gasteiger partial charge in [0.05, 0.1) is 11.9 Å². The van der Waals surface area contributed by atoms with E-state index in [0.29, 0.717) is 17.9 Å². The van der Waals surface area contributed by atoms with Crippen LogP contribution in [0.25, 0.3) is 0 Å². The lowest BCUT2D eigenvalue weighted by Crippen LogP contribution is -2.13. The molecule has 7 nitrogen and oxygen atoms in total. The molecule has 0 radical (unpaired) electrons. The summed E-state index contributed by atoms with van der Waals surface area (Å²) in [5.74, 6) is 0.502. The highest BCUT2D eigenvalue weighted by Crippen LogP contribution is 2.06. The van der Waals surface area contributed by atoms with Crippen molar-refractivity contribution in [2.45, 2.75) is 26.8 Å². The number of carbonyl (C=O) groups is 1. The second-order valence-electron chi connectivity index (χ2n) is 3.50. The van der Waals surface area contributed by atoms with Crippen molar-refractivity contribution in [3.8, 4) is 0 Å². The molecule has 2 heterocycles. The fraction of sp³-hybridized carbons (Fsp3) is 0.400. The largest absolute Gasteiger partial charge is 0.316 e. The summed E-state index contributed by atoms with van der Waals surface area (Å²) in [6.07, 6.45) is 4.06. The zero-order valence-electron chi connectivity index (χ0n) is 9.77. The summed E-state index contributed by atoms with van der Waals surface area (Å²) in [6.45, 7) is 4.67. The molecule has 0 aliphatic carbocycles. The molecular weight excluding hydrogens is 220 g/mol. The van der Waals surface area contributed by atoms with Crippen molar-refractivity contribution in [1.29, 1.82) is 0 Å². The summed E-state index contributed by atoms with van der Waals surface area (Å²) in [5.41, 5.74) is 0.639. The second kappa shape index (κ2) is 4.77. The molecule has 0 saturated carbocycles. The van der Waals surface area contributed by atoms with E-state index in [-0.39, 0.29) is 11.7 Å². The van der Waals surface area contributed by atoms with E-state index in [0.717, 1.165) is 6.54 Å². The number of aromatic nitrogens is 5. The lowest BCUT2D eigenvalue weighted by molar-refractivity contribution is 0.101. The summed E-state index contributed by atoms with van der Waals surface area (Å²) in [6, 6.07) is 0. The van der Waals surface area contributed by atoms with E-state index in [2.05, 4.69) is 25.6 Å². The van der Waals surface area contributed by atoms with E-state index < -0.39 is 0 Å². The molecule has 2 aromatic heterocycles. The zero-order valence-corrected chi connectivity index (χ0v) is 9.77. The lowest BCUT2D eigenvalue weighted by Gasteiger charge is -1.96. The van der Waals surface area contributed by atoms with Gasteiger partial charge in [-0.1, -0.05) is 6.92 Å². The average Bonchev–Trinajstić information content (AvgIpc) is 2.96. The molecule has 0 bridgehead atoms. The normalized spacial score (nSPS) is 10.5. The minimum atomic E-state index is -0.336. The molecule has 0 atom stereocenters. The Kier molecular flexibility index (Phi) is 3.17. The standard InChI is InChI=1S/C10H14N6O/c1-3-8-13-9(15-14-8)10(17)12-7-5-11-16(4-2)6-7/h5-6H,3-4H2,1-2H3,(H,12,17)(H,13,14,15). The highest BCUT2D eigenvalue weighted by atomic mass is 16.2. The molecule has 0 fully saturated rings. The molecule has 0 unspecified atom stereocenters. The van der Waals surface area contributed by atoms with Gasteiger partial charge in [0.1, 0.15) is 5.82 Å². The van der Waals surface area contributed by atoms with Crippen LogP contribution in [0.3, 0.4) is 0 Å². The van der Waals surface area contributed by atoms with Crippen LogP contribution in [0.5, 0.6) is 0 Å². The number of carbonyl (C=O) groups excluding carboxylic acids is 1. The van der Waals surface area contributed by atoms with Crippen LogP contribution < -0.4 is 5.32 Å². The smallest absolute Gasteiger partial charge is 0.295 e. The summed E-state index contributed by atoms with van der Waals surface area (Å²) in [7, 11) is 0. The van der Waals surface area contributed by atoms with Crippen LogP contribution >= 0.6 is 0 Å². The van der Waals surface area contributed by atoms with Crippen LogP contribution in [0.15, 0.2) is 12.4 Å². The Labute approximate surface area is 98.2 Å². The van der Waals surface area contributed by atoms with Crippen LogP contribution in [0, 0.1) is 0 Å². The van der Waals surface area contributed by atoms with Crippen molar-refractivity contribution >= 4 is 11.6 Å². The third kappa shape index (κ3) is 2.49. The van der Waals surface area contributed by atoms with Crippen molar-refractivity contribution in [2.24, 2.45) is 0 Å². The Morgan fingerprint density at radius 3 is 2.94 bits per heavy atom. The van der Waals surface area contributed by atoms with E-state index in [9.17, 15) is 4.79 Å². The van der Waals surface area contributed by atoms with E-state index >= 15 is 0 Å². The summed E-state index contributed by atoms with van der Waals surface area (Å²) < 4.78 is 1.73. The molecule has 0 saturated heterocycles. The number of nitrogens with one attached hydrogen (secondary N) is 2. The summed E-state index contributed by atoms with van der Waals surface area (Å²) in [5, 5.41) is 13.3. The third-order valence-electron chi connectivity index (χ3n) is 2.28. The first-order chi connectivity index (χ1) is 8.22. The first-order valence-electron chi connectivity index (χ1n) is 5.48. The SMILES string of the molecule is CCc1nc(C(=O)Nc2cnn(CC)c2)n[nH]1. The molecule has 7 heteroatoms.